The van der Waals surface area contributed by atoms with E-state index < -0.39 is 0 Å². The third kappa shape index (κ3) is 5.31. The van der Waals surface area contributed by atoms with Crippen molar-refractivity contribution in [3.8, 4) is 0 Å². The van der Waals surface area contributed by atoms with Crippen molar-refractivity contribution in [3.05, 3.63) is 34.9 Å². The molecular weight excluding hydrogens is 302 g/mol. The number of amides is 2. The fourth-order valence-electron chi connectivity index (χ4n) is 2.48. The SMILES string of the molecule is CC(=O)N1CCN(CC(=O)NCCc2ccc(Cl)cc2)CC1. The first kappa shape index (κ1) is 16.8. The molecule has 0 atom stereocenters. The topological polar surface area (TPSA) is 52.7 Å². The molecule has 0 bridgehead atoms. The van der Waals surface area contributed by atoms with Gasteiger partial charge in [0.25, 0.3) is 0 Å². The summed E-state index contributed by atoms with van der Waals surface area (Å²) in [7, 11) is 0. The molecule has 0 spiro atoms. The Labute approximate surface area is 136 Å². The Bertz CT molecular complexity index is 511. The molecule has 1 N–H and O–H groups in total. The summed E-state index contributed by atoms with van der Waals surface area (Å²) in [5.74, 6) is 0.136. The smallest absolute Gasteiger partial charge is 0.234 e. The van der Waals surface area contributed by atoms with E-state index in [1.54, 1.807) is 6.92 Å². The predicted molar refractivity (Wildman–Crippen MR) is 86.9 cm³/mol. The summed E-state index contributed by atoms with van der Waals surface area (Å²) in [6.07, 6.45) is 0.793. The summed E-state index contributed by atoms with van der Waals surface area (Å²) in [5.41, 5.74) is 1.15. The van der Waals surface area contributed by atoms with Gasteiger partial charge in [0.2, 0.25) is 11.8 Å². The number of hydrogen-bond acceptors (Lipinski definition) is 3. The van der Waals surface area contributed by atoms with Gasteiger partial charge in [-0.15, -0.1) is 0 Å². The minimum atomic E-state index is 0.0326. The Morgan fingerprint density at radius 1 is 1.14 bits per heavy atom. The van der Waals surface area contributed by atoms with Crippen LogP contribution in [0.5, 0.6) is 0 Å². The number of hydrogen-bond donors (Lipinski definition) is 1. The van der Waals surface area contributed by atoms with Crippen LogP contribution >= 0.6 is 11.6 Å². The fraction of sp³-hybridized carbons (Fsp3) is 0.500. The average molecular weight is 324 g/mol. The molecule has 1 fully saturated rings. The minimum absolute atomic E-state index is 0.0326. The molecule has 1 aliphatic heterocycles. The summed E-state index contributed by atoms with van der Waals surface area (Å²) >= 11 is 5.83. The van der Waals surface area contributed by atoms with E-state index in [1.807, 2.05) is 29.2 Å². The maximum atomic E-state index is 11.9. The van der Waals surface area contributed by atoms with Crippen LogP contribution < -0.4 is 5.32 Å². The van der Waals surface area contributed by atoms with Gasteiger partial charge >= 0.3 is 0 Å². The number of halogens is 1. The zero-order valence-electron chi connectivity index (χ0n) is 12.8. The van der Waals surface area contributed by atoms with Crippen LogP contribution in [0.15, 0.2) is 24.3 Å². The maximum Gasteiger partial charge on any atom is 0.234 e. The summed E-state index contributed by atoms with van der Waals surface area (Å²) in [4.78, 5) is 27.1. The molecule has 0 aromatic heterocycles. The number of carbonyl (C=O) groups excluding carboxylic acids is 2. The molecule has 0 saturated carbocycles. The summed E-state index contributed by atoms with van der Waals surface area (Å²) < 4.78 is 0. The lowest BCUT2D eigenvalue weighted by Crippen LogP contribution is -2.50. The van der Waals surface area contributed by atoms with Gasteiger partial charge in [0, 0.05) is 44.7 Å². The molecule has 2 rings (SSSR count). The van der Waals surface area contributed by atoms with Crippen molar-refractivity contribution >= 4 is 23.4 Å². The Hall–Kier alpha value is -1.59. The highest BCUT2D eigenvalue weighted by Crippen LogP contribution is 2.09. The molecule has 0 unspecified atom stereocenters. The van der Waals surface area contributed by atoms with Crippen molar-refractivity contribution in [1.29, 1.82) is 0 Å². The second kappa shape index (κ2) is 8.15. The van der Waals surface area contributed by atoms with Crippen LogP contribution in [0.4, 0.5) is 0 Å². The molecule has 0 aliphatic carbocycles. The molecule has 0 radical (unpaired) electrons. The number of nitrogens with one attached hydrogen (secondary N) is 1. The van der Waals surface area contributed by atoms with Gasteiger partial charge in [0.1, 0.15) is 0 Å². The van der Waals surface area contributed by atoms with Gasteiger partial charge in [-0.25, -0.2) is 0 Å². The lowest BCUT2D eigenvalue weighted by Gasteiger charge is -2.33. The average Bonchev–Trinajstić information content (AvgIpc) is 2.50. The van der Waals surface area contributed by atoms with Crippen LogP contribution in [0.25, 0.3) is 0 Å². The van der Waals surface area contributed by atoms with Gasteiger partial charge in [0.15, 0.2) is 0 Å². The van der Waals surface area contributed by atoms with E-state index in [0.717, 1.165) is 30.1 Å². The van der Waals surface area contributed by atoms with E-state index in [9.17, 15) is 9.59 Å². The van der Waals surface area contributed by atoms with Crippen LogP contribution in [0.3, 0.4) is 0 Å². The first-order valence-electron chi connectivity index (χ1n) is 7.53. The second-order valence-corrected chi connectivity index (χ2v) is 5.95. The van der Waals surface area contributed by atoms with Crippen LogP contribution in [0.1, 0.15) is 12.5 Å². The molecule has 5 nitrogen and oxygen atoms in total. The standard InChI is InChI=1S/C16H22ClN3O2/c1-13(21)20-10-8-19(9-11-20)12-16(22)18-7-6-14-2-4-15(17)5-3-14/h2-5H,6-12H2,1H3,(H,18,22). The number of benzene rings is 1. The van der Waals surface area contributed by atoms with E-state index in [0.29, 0.717) is 26.2 Å². The molecule has 1 aromatic carbocycles. The third-order valence-corrected chi connectivity index (χ3v) is 4.09. The maximum absolute atomic E-state index is 11.9. The van der Waals surface area contributed by atoms with Crippen molar-refractivity contribution in [1.82, 2.24) is 15.1 Å². The van der Waals surface area contributed by atoms with Crippen molar-refractivity contribution in [3.63, 3.8) is 0 Å². The first-order valence-corrected chi connectivity index (χ1v) is 7.91. The van der Waals surface area contributed by atoms with Gasteiger partial charge in [0.05, 0.1) is 6.54 Å². The van der Waals surface area contributed by atoms with Gasteiger partial charge in [-0.05, 0) is 24.1 Å². The summed E-state index contributed by atoms with van der Waals surface area (Å²) in [5, 5.41) is 3.65. The highest BCUT2D eigenvalue weighted by atomic mass is 35.5. The number of nitrogens with zero attached hydrogens (tertiary/aromatic N) is 2. The van der Waals surface area contributed by atoms with E-state index in [1.165, 1.54) is 0 Å². The monoisotopic (exact) mass is 323 g/mol. The molecule has 2 amide bonds. The molecule has 6 heteroatoms. The highest BCUT2D eigenvalue weighted by Gasteiger charge is 2.19. The van der Waals surface area contributed by atoms with E-state index >= 15 is 0 Å². The normalized spacial score (nSPS) is 15.6. The molecule has 1 aromatic rings. The van der Waals surface area contributed by atoms with Gasteiger partial charge in [-0.2, -0.15) is 0 Å². The van der Waals surface area contributed by atoms with E-state index in [-0.39, 0.29) is 11.8 Å². The largest absolute Gasteiger partial charge is 0.355 e. The Morgan fingerprint density at radius 3 is 2.36 bits per heavy atom. The zero-order valence-corrected chi connectivity index (χ0v) is 13.6. The lowest BCUT2D eigenvalue weighted by molar-refractivity contribution is -0.131. The minimum Gasteiger partial charge on any atom is -0.355 e. The Morgan fingerprint density at radius 2 is 1.77 bits per heavy atom. The third-order valence-electron chi connectivity index (χ3n) is 3.83. The molecule has 1 heterocycles. The van der Waals surface area contributed by atoms with Crippen LogP contribution in [0, 0.1) is 0 Å². The van der Waals surface area contributed by atoms with Crippen molar-refractivity contribution in [2.75, 3.05) is 39.3 Å². The quantitative estimate of drug-likeness (QED) is 0.885. The predicted octanol–water partition coefficient (Wildman–Crippen LogP) is 1.16. The Balaban J connectivity index is 1.64. The van der Waals surface area contributed by atoms with Gasteiger partial charge in [-0.1, -0.05) is 23.7 Å². The number of rotatable bonds is 5. The fourth-order valence-corrected chi connectivity index (χ4v) is 2.60. The van der Waals surface area contributed by atoms with Gasteiger partial charge < -0.3 is 10.2 Å². The van der Waals surface area contributed by atoms with E-state index in [2.05, 4.69) is 10.2 Å². The first-order chi connectivity index (χ1) is 10.5. The molecular formula is C16H22ClN3O2. The van der Waals surface area contributed by atoms with Crippen molar-refractivity contribution in [2.24, 2.45) is 0 Å². The molecule has 1 aliphatic rings. The highest BCUT2D eigenvalue weighted by molar-refractivity contribution is 6.30. The number of carbonyl (C=O) groups is 2. The summed E-state index contributed by atoms with van der Waals surface area (Å²) in [6, 6.07) is 7.64. The van der Waals surface area contributed by atoms with Gasteiger partial charge in [-0.3, -0.25) is 14.5 Å². The zero-order chi connectivity index (χ0) is 15.9. The molecule has 1 saturated heterocycles. The Kier molecular flexibility index (Phi) is 6.21. The van der Waals surface area contributed by atoms with Crippen molar-refractivity contribution < 1.29 is 9.59 Å². The van der Waals surface area contributed by atoms with Crippen molar-refractivity contribution in [2.45, 2.75) is 13.3 Å². The summed E-state index contributed by atoms with van der Waals surface area (Å²) in [6.45, 7) is 5.51. The van der Waals surface area contributed by atoms with Crippen LogP contribution in [-0.2, 0) is 16.0 Å². The van der Waals surface area contributed by atoms with E-state index in [4.69, 9.17) is 11.6 Å². The molecule has 120 valence electrons. The lowest BCUT2D eigenvalue weighted by atomic mass is 10.1. The van der Waals surface area contributed by atoms with Crippen LogP contribution in [-0.4, -0.2) is 60.9 Å². The van der Waals surface area contributed by atoms with Crippen LogP contribution in [0.2, 0.25) is 5.02 Å². The number of piperazine rings is 1. The molecule has 22 heavy (non-hydrogen) atoms. The second-order valence-electron chi connectivity index (χ2n) is 5.51.